The van der Waals surface area contributed by atoms with E-state index in [1.54, 1.807) is 4.90 Å². The highest BCUT2D eigenvalue weighted by molar-refractivity contribution is 6.78. The van der Waals surface area contributed by atoms with Crippen molar-refractivity contribution < 1.29 is 9.90 Å². The summed E-state index contributed by atoms with van der Waals surface area (Å²) in [6.07, 6.45) is 5.81. The Kier molecular flexibility index (Phi) is 6.63. The maximum absolute atomic E-state index is 13.1. The lowest BCUT2D eigenvalue weighted by atomic mass is 9.92. The van der Waals surface area contributed by atoms with Gasteiger partial charge in [0.25, 0.3) is 0 Å². The quantitative estimate of drug-likeness (QED) is 0.473. The van der Waals surface area contributed by atoms with Gasteiger partial charge in [-0.05, 0) is 17.4 Å². The van der Waals surface area contributed by atoms with E-state index in [0.717, 1.165) is 18.4 Å². The molecule has 0 bridgehead atoms. The minimum absolute atomic E-state index is 0.00408. The van der Waals surface area contributed by atoms with Crippen LogP contribution in [0.15, 0.2) is 30.3 Å². The Bertz CT molecular complexity index is 640. The number of aliphatic hydroxyl groups is 1. The summed E-state index contributed by atoms with van der Waals surface area (Å²) in [5.41, 5.74) is 0.864. The number of benzene rings is 1. The third-order valence-corrected chi connectivity index (χ3v) is 9.61. The fourth-order valence-electron chi connectivity index (χ4n) is 5.00. The molecule has 1 amide bonds. The molecule has 4 atom stereocenters. The highest BCUT2D eigenvalue weighted by Gasteiger charge is 2.73. The Hall–Kier alpha value is -1.13. The van der Waals surface area contributed by atoms with Gasteiger partial charge in [-0.2, -0.15) is 0 Å². The molecule has 1 N–H and O–H groups in total. The van der Waals surface area contributed by atoms with E-state index in [1.807, 2.05) is 44.4 Å². The van der Waals surface area contributed by atoms with Crippen molar-refractivity contribution in [2.45, 2.75) is 70.8 Å². The van der Waals surface area contributed by atoms with Crippen molar-refractivity contribution in [2.75, 3.05) is 14.1 Å². The summed E-state index contributed by atoms with van der Waals surface area (Å²) in [5, 5.41) is 11.3. The van der Waals surface area contributed by atoms with Crippen molar-refractivity contribution in [3.05, 3.63) is 35.9 Å². The van der Waals surface area contributed by atoms with Crippen LogP contribution in [0.1, 0.15) is 51.5 Å². The van der Waals surface area contributed by atoms with E-state index in [1.165, 1.54) is 19.3 Å². The SMILES string of the molecule is CCCCCC[C@@]1(C)[C@H]([C@@](O)(c2ccccc2)[Si](C)(C)C)[C@@H]1C(=O)N(C)C. The number of amides is 1. The van der Waals surface area contributed by atoms with E-state index in [2.05, 4.69) is 33.5 Å². The largest absolute Gasteiger partial charge is 0.388 e. The van der Waals surface area contributed by atoms with Crippen LogP contribution in [-0.2, 0) is 10.0 Å². The van der Waals surface area contributed by atoms with Crippen molar-refractivity contribution in [1.29, 1.82) is 0 Å². The van der Waals surface area contributed by atoms with Gasteiger partial charge in [0.2, 0.25) is 5.91 Å². The number of rotatable bonds is 9. The smallest absolute Gasteiger partial charge is 0.226 e. The first-order valence-corrected chi connectivity index (χ1v) is 14.0. The normalized spacial score (nSPS) is 27.1. The van der Waals surface area contributed by atoms with Crippen LogP contribution in [0.4, 0.5) is 0 Å². The van der Waals surface area contributed by atoms with Crippen molar-refractivity contribution in [1.82, 2.24) is 4.90 Å². The van der Waals surface area contributed by atoms with E-state index in [0.29, 0.717) is 0 Å². The Balaban J connectivity index is 2.44. The molecule has 0 heterocycles. The van der Waals surface area contributed by atoms with Gasteiger partial charge in [-0.1, -0.05) is 89.5 Å². The molecule has 4 heteroatoms. The number of carbonyl (C=O) groups excluding carboxylic acids is 1. The lowest BCUT2D eigenvalue weighted by Crippen LogP contribution is -2.53. The maximum Gasteiger partial charge on any atom is 0.226 e. The van der Waals surface area contributed by atoms with Crippen LogP contribution in [0.3, 0.4) is 0 Å². The molecule has 3 nitrogen and oxygen atoms in total. The molecular formula is C23H39NO2Si. The predicted molar refractivity (Wildman–Crippen MR) is 116 cm³/mol. The standard InChI is InChI=1S/C23H39NO2Si/c1-8-9-10-14-17-22(2)19(21(25)24(3)4)20(22)23(26,27(5,6)7)18-15-12-11-13-16-18/h11-13,15-16,19-20,26H,8-10,14,17H2,1-7H3/t19-,20-,22-,23-/m1/s1. The molecule has 0 radical (unpaired) electrons. The second-order valence-corrected chi connectivity index (χ2v) is 15.1. The second kappa shape index (κ2) is 8.08. The minimum atomic E-state index is -2.03. The summed E-state index contributed by atoms with van der Waals surface area (Å²) < 4.78 is 0. The highest BCUT2D eigenvalue weighted by atomic mass is 28.3. The summed E-state index contributed by atoms with van der Waals surface area (Å²) in [7, 11) is 1.64. The third-order valence-electron chi connectivity index (χ3n) is 6.73. The molecule has 27 heavy (non-hydrogen) atoms. The average molecular weight is 390 g/mol. The Morgan fingerprint density at radius 2 is 1.74 bits per heavy atom. The summed E-state index contributed by atoms with van der Waals surface area (Å²) >= 11 is 0. The average Bonchev–Trinajstić information content (AvgIpc) is 3.23. The monoisotopic (exact) mass is 389 g/mol. The lowest BCUT2D eigenvalue weighted by molar-refractivity contribution is -0.131. The number of carbonyl (C=O) groups is 1. The number of unbranched alkanes of at least 4 members (excludes halogenated alkanes) is 3. The van der Waals surface area contributed by atoms with Gasteiger partial charge in [0.15, 0.2) is 0 Å². The molecule has 152 valence electrons. The molecule has 1 aliphatic rings. The highest BCUT2D eigenvalue weighted by Crippen LogP contribution is 2.70. The maximum atomic E-state index is 13.1. The molecule has 0 spiro atoms. The fourth-order valence-corrected chi connectivity index (χ4v) is 7.46. The van der Waals surface area contributed by atoms with E-state index >= 15 is 0 Å². The first-order chi connectivity index (χ1) is 12.5. The van der Waals surface area contributed by atoms with Crippen LogP contribution in [0, 0.1) is 17.3 Å². The summed E-state index contributed by atoms with van der Waals surface area (Å²) in [6.45, 7) is 11.1. The molecule has 1 saturated carbocycles. The molecule has 0 aliphatic heterocycles. The topological polar surface area (TPSA) is 40.5 Å². The first kappa shape index (κ1) is 22.2. The predicted octanol–water partition coefficient (Wildman–Crippen LogP) is 5.06. The van der Waals surface area contributed by atoms with E-state index in [-0.39, 0.29) is 23.2 Å². The molecule has 0 aromatic heterocycles. The van der Waals surface area contributed by atoms with Gasteiger partial charge in [-0.15, -0.1) is 0 Å². The second-order valence-electron chi connectivity index (χ2n) is 9.89. The van der Waals surface area contributed by atoms with Gasteiger partial charge in [0, 0.05) is 25.9 Å². The lowest BCUT2D eigenvalue weighted by Gasteiger charge is -2.41. The van der Waals surface area contributed by atoms with Crippen LogP contribution >= 0.6 is 0 Å². The fraction of sp³-hybridized carbons (Fsp3) is 0.696. The number of nitrogens with zero attached hydrogens (tertiary/aromatic N) is 1. The van der Waals surface area contributed by atoms with Gasteiger partial charge in [-0.25, -0.2) is 0 Å². The Morgan fingerprint density at radius 3 is 2.22 bits per heavy atom. The van der Waals surface area contributed by atoms with Crippen LogP contribution in [0.2, 0.25) is 19.6 Å². The van der Waals surface area contributed by atoms with Crippen molar-refractivity contribution >= 4 is 14.0 Å². The molecule has 0 unspecified atom stereocenters. The van der Waals surface area contributed by atoms with E-state index in [9.17, 15) is 9.90 Å². The molecule has 1 aliphatic carbocycles. The zero-order chi connectivity index (χ0) is 20.5. The van der Waals surface area contributed by atoms with Crippen LogP contribution in [0.5, 0.6) is 0 Å². The summed E-state index contributed by atoms with van der Waals surface area (Å²) in [6, 6.07) is 10.1. The van der Waals surface area contributed by atoms with Crippen LogP contribution in [-0.4, -0.2) is 38.1 Å². The zero-order valence-electron chi connectivity index (χ0n) is 18.4. The van der Waals surface area contributed by atoms with E-state index < -0.39 is 13.3 Å². The minimum Gasteiger partial charge on any atom is -0.388 e. The van der Waals surface area contributed by atoms with Crippen LogP contribution in [0.25, 0.3) is 0 Å². The van der Waals surface area contributed by atoms with Crippen LogP contribution < -0.4 is 0 Å². The van der Waals surface area contributed by atoms with E-state index in [4.69, 9.17) is 0 Å². The summed E-state index contributed by atoms with van der Waals surface area (Å²) in [5.74, 6) is 0.0762. The van der Waals surface area contributed by atoms with Crippen molar-refractivity contribution in [2.24, 2.45) is 17.3 Å². The number of hydrogen-bond donors (Lipinski definition) is 1. The van der Waals surface area contributed by atoms with Gasteiger partial charge in [0.05, 0.1) is 13.3 Å². The van der Waals surface area contributed by atoms with Gasteiger partial charge >= 0.3 is 0 Å². The molecule has 1 fully saturated rings. The molecule has 1 aromatic carbocycles. The summed E-state index contributed by atoms with van der Waals surface area (Å²) in [4.78, 5) is 14.8. The molecule has 0 saturated heterocycles. The molecule has 2 rings (SSSR count). The zero-order valence-corrected chi connectivity index (χ0v) is 19.4. The Labute approximate surface area is 167 Å². The number of hydrogen-bond acceptors (Lipinski definition) is 2. The van der Waals surface area contributed by atoms with Crippen molar-refractivity contribution in [3.8, 4) is 0 Å². The van der Waals surface area contributed by atoms with Gasteiger partial charge < -0.3 is 10.0 Å². The van der Waals surface area contributed by atoms with Gasteiger partial charge in [-0.3, -0.25) is 4.79 Å². The molecular weight excluding hydrogens is 350 g/mol. The third kappa shape index (κ3) is 4.02. The van der Waals surface area contributed by atoms with Crippen molar-refractivity contribution in [3.63, 3.8) is 0 Å². The first-order valence-electron chi connectivity index (χ1n) is 10.5. The molecule has 1 aromatic rings. The Morgan fingerprint density at radius 1 is 1.15 bits per heavy atom. The van der Waals surface area contributed by atoms with Gasteiger partial charge in [0.1, 0.15) is 0 Å².